The maximum Gasteiger partial charge on any atom is 0.240 e. The first kappa shape index (κ1) is 16.0. The van der Waals surface area contributed by atoms with Crippen LogP contribution in [0, 0.1) is 17.7 Å². The van der Waals surface area contributed by atoms with Crippen molar-refractivity contribution in [1.82, 2.24) is 4.72 Å². The highest BCUT2D eigenvalue weighted by molar-refractivity contribution is 7.98. The van der Waals surface area contributed by atoms with Gasteiger partial charge in [-0.2, -0.15) is 11.8 Å². The summed E-state index contributed by atoms with van der Waals surface area (Å²) in [5.74, 6) is 5.03. The van der Waals surface area contributed by atoms with Crippen LogP contribution in [0.1, 0.15) is 5.56 Å². The van der Waals surface area contributed by atoms with Gasteiger partial charge in [-0.3, -0.25) is 0 Å². The van der Waals surface area contributed by atoms with Crippen molar-refractivity contribution in [3.63, 3.8) is 0 Å². The second-order valence-corrected chi connectivity index (χ2v) is 6.29. The molecule has 0 saturated carbocycles. The van der Waals surface area contributed by atoms with Gasteiger partial charge in [0.25, 0.3) is 0 Å². The zero-order chi connectivity index (χ0) is 14.3. The monoisotopic (exact) mass is 302 g/mol. The number of benzene rings is 1. The van der Waals surface area contributed by atoms with Crippen LogP contribution in [0.15, 0.2) is 23.1 Å². The van der Waals surface area contributed by atoms with Gasteiger partial charge in [0.1, 0.15) is 5.82 Å². The number of halogens is 1. The summed E-state index contributed by atoms with van der Waals surface area (Å²) in [6.07, 6.45) is 1.87. The molecular formula is C12H15FN2O2S2. The Morgan fingerprint density at radius 1 is 1.47 bits per heavy atom. The van der Waals surface area contributed by atoms with Crippen LogP contribution in [0.5, 0.6) is 0 Å². The third-order valence-corrected chi connectivity index (χ3v) is 4.25. The van der Waals surface area contributed by atoms with Gasteiger partial charge in [0.15, 0.2) is 0 Å². The lowest BCUT2D eigenvalue weighted by Crippen LogP contribution is -2.26. The molecule has 0 saturated heterocycles. The van der Waals surface area contributed by atoms with Crippen molar-refractivity contribution in [2.24, 2.45) is 5.73 Å². The van der Waals surface area contributed by atoms with Crippen molar-refractivity contribution in [2.45, 2.75) is 4.90 Å². The lowest BCUT2D eigenvalue weighted by molar-refractivity contribution is 0.579. The van der Waals surface area contributed by atoms with Crippen molar-refractivity contribution in [2.75, 3.05) is 25.1 Å². The summed E-state index contributed by atoms with van der Waals surface area (Å²) >= 11 is 1.52. The van der Waals surface area contributed by atoms with Gasteiger partial charge in [-0.15, -0.1) is 0 Å². The molecule has 1 rings (SSSR count). The molecule has 0 unspecified atom stereocenters. The third kappa shape index (κ3) is 4.84. The molecule has 0 bridgehead atoms. The molecule has 104 valence electrons. The van der Waals surface area contributed by atoms with Crippen molar-refractivity contribution in [3.8, 4) is 11.8 Å². The number of hydrogen-bond donors (Lipinski definition) is 2. The topological polar surface area (TPSA) is 72.2 Å². The summed E-state index contributed by atoms with van der Waals surface area (Å²) < 4.78 is 39.7. The van der Waals surface area contributed by atoms with Crippen LogP contribution in [0.2, 0.25) is 0 Å². The lowest BCUT2D eigenvalue weighted by Gasteiger charge is -2.06. The fraction of sp³-hybridized carbons (Fsp3) is 0.333. The highest BCUT2D eigenvalue weighted by atomic mass is 32.2. The Morgan fingerprint density at radius 3 is 2.79 bits per heavy atom. The fourth-order valence-corrected chi connectivity index (χ4v) is 2.75. The molecule has 0 aliphatic rings. The van der Waals surface area contributed by atoms with Crippen LogP contribution in [-0.2, 0) is 10.0 Å². The SMILES string of the molecule is CSCCNS(=O)(=O)c1ccc(C#CCN)c(F)c1. The van der Waals surface area contributed by atoms with Gasteiger partial charge in [-0.1, -0.05) is 11.8 Å². The number of nitrogens with two attached hydrogens (primary N) is 1. The smallest absolute Gasteiger partial charge is 0.240 e. The predicted molar refractivity (Wildman–Crippen MR) is 75.9 cm³/mol. The third-order valence-electron chi connectivity index (χ3n) is 2.17. The molecule has 0 aromatic heterocycles. The van der Waals surface area contributed by atoms with E-state index in [0.717, 1.165) is 6.07 Å². The number of rotatable bonds is 5. The van der Waals surface area contributed by atoms with E-state index in [0.29, 0.717) is 12.3 Å². The number of nitrogens with one attached hydrogen (secondary N) is 1. The van der Waals surface area contributed by atoms with Crippen molar-refractivity contribution in [3.05, 3.63) is 29.6 Å². The minimum atomic E-state index is -3.67. The van der Waals surface area contributed by atoms with E-state index in [-0.39, 0.29) is 17.0 Å². The first-order valence-corrected chi connectivity index (χ1v) is 8.36. The van der Waals surface area contributed by atoms with Gasteiger partial charge in [0, 0.05) is 12.3 Å². The molecule has 7 heteroatoms. The molecule has 0 aliphatic carbocycles. The number of hydrogen-bond acceptors (Lipinski definition) is 4. The van der Waals surface area contributed by atoms with E-state index >= 15 is 0 Å². The largest absolute Gasteiger partial charge is 0.320 e. The Balaban J connectivity index is 2.94. The highest BCUT2D eigenvalue weighted by Gasteiger charge is 2.15. The average Bonchev–Trinajstić information content (AvgIpc) is 2.37. The molecule has 4 nitrogen and oxygen atoms in total. The van der Waals surface area contributed by atoms with Gasteiger partial charge in [0.2, 0.25) is 10.0 Å². The quantitative estimate of drug-likeness (QED) is 0.623. The summed E-state index contributed by atoms with van der Waals surface area (Å²) in [5, 5.41) is 0. The predicted octanol–water partition coefficient (Wildman–Crippen LogP) is 0.777. The van der Waals surface area contributed by atoms with E-state index in [9.17, 15) is 12.8 Å². The molecule has 1 aromatic rings. The average molecular weight is 302 g/mol. The standard InChI is InChI=1S/C12H15FN2O2S2/c1-18-8-7-15-19(16,17)11-5-4-10(3-2-6-14)12(13)9-11/h4-5,9,15H,6-8,14H2,1H3. The maximum absolute atomic E-state index is 13.7. The van der Waals surface area contributed by atoms with Crippen LogP contribution < -0.4 is 10.5 Å². The Kier molecular flexibility index (Phi) is 6.31. The molecule has 0 atom stereocenters. The molecule has 0 spiro atoms. The van der Waals surface area contributed by atoms with E-state index in [1.807, 2.05) is 6.26 Å². The van der Waals surface area contributed by atoms with E-state index in [4.69, 9.17) is 5.73 Å². The number of thioether (sulfide) groups is 1. The molecular weight excluding hydrogens is 287 g/mol. The first-order valence-electron chi connectivity index (χ1n) is 5.48. The van der Waals surface area contributed by atoms with E-state index < -0.39 is 15.8 Å². The highest BCUT2D eigenvalue weighted by Crippen LogP contribution is 2.14. The zero-order valence-electron chi connectivity index (χ0n) is 10.4. The fourth-order valence-electron chi connectivity index (χ4n) is 1.27. The molecule has 3 N–H and O–H groups in total. The Hall–Kier alpha value is -1.07. The minimum Gasteiger partial charge on any atom is -0.320 e. The van der Waals surface area contributed by atoms with Crippen LogP contribution in [0.3, 0.4) is 0 Å². The molecule has 0 aliphatic heterocycles. The van der Waals surface area contributed by atoms with Crippen LogP contribution in [-0.4, -0.2) is 33.5 Å². The van der Waals surface area contributed by atoms with Gasteiger partial charge in [-0.25, -0.2) is 17.5 Å². The van der Waals surface area contributed by atoms with Crippen molar-refractivity contribution >= 4 is 21.8 Å². The van der Waals surface area contributed by atoms with Gasteiger partial charge >= 0.3 is 0 Å². The summed E-state index contributed by atoms with van der Waals surface area (Å²) in [6.45, 7) is 0.426. The van der Waals surface area contributed by atoms with E-state index in [2.05, 4.69) is 16.6 Å². The van der Waals surface area contributed by atoms with Crippen molar-refractivity contribution < 1.29 is 12.8 Å². The number of sulfonamides is 1. The van der Waals surface area contributed by atoms with Gasteiger partial charge < -0.3 is 5.73 Å². The normalized spacial score (nSPS) is 10.9. The molecule has 0 amide bonds. The van der Waals surface area contributed by atoms with Crippen LogP contribution in [0.25, 0.3) is 0 Å². The second-order valence-electron chi connectivity index (χ2n) is 3.54. The summed E-state index contributed by atoms with van der Waals surface area (Å²) in [5.41, 5.74) is 5.32. The Morgan fingerprint density at radius 2 is 2.21 bits per heavy atom. The molecule has 1 aromatic carbocycles. The zero-order valence-corrected chi connectivity index (χ0v) is 12.1. The Labute approximate surface area is 117 Å². The minimum absolute atomic E-state index is 0.107. The maximum atomic E-state index is 13.7. The van der Waals surface area contributed by atoms with Crippen molar-refractivity contribution in [1.29, 1.82) is 0 Å². The summed E-state index contributed by atoms with van der Waals surface area (Å²) in [6, 6.07) is 3.62. The van der Waals surface area contributed by atoms with E-state index in [1.54, 1.807) is 0 Å². The van der Waals surface area contributed by atoms with Crippen LogP contribution in [0.4, 0.5) is 4.39 Å². The van der Waals surface area contributed by atoms with Gasteiger partial charge in [0.05, 0.1) is 17.0 Å². The molecule has 0 radical (unpaired) electrons. The van der Waals surface area contributed by atoms with Gasteiger partial charge in [-0.05, 0) is 24.5 Å². The van der Waals surface area contributed by atoms with Crippen LogP contribution >= 0.6 is 11.8 Å². The lowest BCUT2D eigenvalue weighted by atomic mass is 10.2. The Bertz CT molecular complexity index is 591. The summed E-state index contributed by atoms with van der Waals surface area (Å²) in [4.78, 5) is -0.107. The van der Waals surface area contributed by atoms with E-state index in [1.165, 1.54) is 23.9 Å². The summed E-state index contributed by atoms with van der Waals surface area (Å²) in [7, 11) is -3.67. The molecule has 19 heavy (non-hydrogen) atoms. The first-order chi connectivity index (χ1) is 9.01. The molecule has 0 fully saturated rings. The molecule has 0 heterocycles. The second kappa shape index (κ2) is 7.50.